The molecule has 1 aliphatic rings. The van der Waals surface area contributed by atoms with Crippen LogP contribution in [0.3, 0.4) is 0 Å². The van der Waals surface area contributed by atoms with Gasteiger partial charge in [0.15, 0.2) is 4.32 Å². The largest absolute Gasteiger partial charge is 0.497 e. The molecular formula is C20H18N2O4S2. The van der Waals surface area contributed by atoms with Crippen LogP contribution in [0.15, 0.2) is 53.4 Å². The van der Waals surface area contributed by atoms with Crippen LogP contribution in [0.2, 0.25) is 0 Å². The molecule has 144 valence electrons. The maximum atomic E-state index is 12.7. The second-order valence-electron chi connectivity index (χ2n) is 5.66. The highest BCUT2D eigenvalue weighted by atomic mass is 32.2. The first kappa shape index (κ1) is 19.9. The number of methoxy groups -OCH3 is 1. The van der Waals surface area contributed by atoms with Gasteiger partial charge in [-0.3, -0.25) is 15.0 Å². The fourth-order valence-electron chi connectivity index (χ4n) is 2.50. The lowest BCUT2D eigenvalue weighted by Gasteiger charge is -2.15. The van der Waals surface area contributed by atoms with E-state index in [2.05, 4.69) is 5.43 Å². The highest BCUT2D eigenvalue weighted by molar-refractivity contribution is 8.26. The predicted molar refractivity (Wildman–Crippen MR) is 113 cm³/mol. The summed E-state index contributed by atoms with van der Waals surface area (Å²) < 4.78 is 10.9. The van der Waals surface area contributed by atoms with Crippen LogP contribution in [-0.2, 0) is 4.79 Å². The van der Waals surface area contributed by atoms with Gasteiger partial charge in [0.05, 0.1) is 18.6 Å². The lowest BCUT2D eigenvalue weighted by atomic mass is 10.2. The van der Waals surface area contributed by atoms with E-state index in [1.54, 1.807) is 37.5 Å². The van der Waals surface area contributed by atoms with Gasteiger partial charge in [-0.2, -0.15) is 5.01 Å². The summed E-state index contributed by atoms with van der Waals surface area (Å²) in [6, 6.07) is 14.0. The second kappa shape index (κ2) is 8.90. The summed E-state index contributed by atoms with van der Waals surface area (Å²) in [5.41, 5.74) is 3.72. The molecule has 0 atom stereocenters. The quantitative estimate of drug-likeness (QED) is 0.575. The van der Waals surface area contributed by atoms with E-state index in [0.717, 1.165) is 22.3 Å². The number of thiocarbonyl (C=S) groups is 1. The summed E-state index contributed by atoms with van der Waals surface area (Å²) in [7, 11) is 1.55. The van der Waals surface area contributed by atoms with Crippen LogP contribution < -0.4 is 14.9 Å². The van der Waals surface area contributed by atoms with Gasteiger partial charge in [0.2, 0.25) is 0 Å². The van der Waals surface area contributed by atoms with Gasteiger partial charge in [-0.05, 0) is 55.5 Å². The molecule has 8 heteroatoms. The Kier molecular flexibility index (Phi) is 6.33. The Morgan fingerprint density at radius 2 is 1.93 bits per heavy atom. The fourth-order valence-corrected chi connectivity index (χ4v) is 3.67. The third-order valence-corrected chi connectivity index (χ3v) is 5.17. The number of nitrogens with one attached hydrogen (secondary N) is 1. The Balaban J connectivity index is 1.77. The molecule has 0 bridgehead atoms. The van der Waals surface area contributed by atoms with Crippen LogP contribution in [0, 0.1) is 0 Å². The van der Waals surface area contributed by atoms with Gasteiger partial charge in [0, 0.05) is 11.1 Å². The summed E-state index contributed by atoms with van der Waals surface area (Å²) in [4.78, 5) is 25.6. The Hall–Kier alpha value is -2.84. The Morgan fingerprint density at radius 3 is 2.61 bits per heavy atom. The van der Waals surface area contributed by atoms with Crippen molar-refractivity contribution < 1.29 is 19.1 Å². The van der Waals surface area contributed by atoms with Crippen molar-refractivity contribution in [2.75, 3.05) is 13.7 Å². The molecule has 6 nitrogen and oxygen atoms in total. The number of ether oxygens (including phenoxy) is 2. The van der Waals surface area contributed by atoms with Gasteiger partial charge in [-0.1, -0.05) is 30.0 Å². The normalized spacial score (nSPS) is 15.1. The molecule has 1 heterocycles. The van der Waals surface area contributed by atoms with Gasteiger partial charge in [-0.15, -0.1) is 0 Å². The van der Waals surface area contributed by atoms with E-state index in [4.69, 9.17) is 21.7 Å². The van der Waals surface area contributed by atoms with Crippen molar-refractivity contribution in [3.05, 3.63) is 64.6 Å². The van der Waals surface area contributed by atoms with Gasteiger partial charge in [0.25, 0.3) is 11.8 Å². The number of hydrogen-bond donors (Lipinski definition) is 1. The van der Waals surface area contributed by atoms with Crippen LogP contribution in [0.1, 0.15) is 22.8 Å². The summed E-state index contributed by atoms with van der Waals surface area (Å²) in [6.07, 6.45) is 1.71. The molecule has 2 aromatic carbocycles. The summed E-state index contributed by atoms with van der Waals surface area (Å²) in [6.45, 7) is 2.41. The predicted octanol–water partition coefficient (Wildman–Crippen LogP) is 3.64. The minimum atomic E-state index is -0.435. The first-order valence-corrected chi connectivity index (χ1v) is 9.70. The zero-order valence-electron chi connectivity index (χ0n) is 15.3. The van der Waals surface area contributed by atoms with Crippen molar-refractivity contribution in [3.63, 3.8) is 0 Å². The maximum absolute atomic E-state index is 12.7. The van der Waals surface area contributed by atoms with Gasteiger partial charge in [-0.25, -0.2) is 0 Å². The van der Waals surface area contributed by atoms with Crippen LogP contribution >= 0.6 is 24.0 Å². The third kappa shape index (κ3) is 4.35. The number of carbonyl (C=O) groups excluding carboxylic acids is 2. The molecule has 3 rings (SSSR count). The van der Waals surface area contributed by atoms with E-state index < -0.39 is 5.91 Å². The van der Waals surface area contributed by atoms with Crippen LogP contribution in [-0.4, -0.2) is 34.9 Å². The second-order valence-corrected chi connectivity index (χ2v) is 7.33. The van der Waals surface area contributed by atoms with Crippen LogP contribution in [0.4, 0.5) is 0 Å². The maximum Gasteiger partial charge on any atom is 0.285 e. The molecule has 0 aliphatic carbocycles. The van der Waals surface area contributed by atoms with Gasteiger partial charge >= 0.3 is 0 Å². The number of amides is 2. The van der Waals surface area contributed by atoms with E-state index in [0.29, 0.717) is 28.6 Å². The van der Waals surface area contributed by atoms with Gasteiger partial charge < -0.3 is 9.47 Å². The standard InChI is InChI=1S/C20H18N2O4S2/c1-3-26-16-7-5-4-6-14(16)12-17-19(24)22(20(27)28-17)21-18(23)13-8-10-15(25-2)11-9-13/h4-12H,3H2,1-2H3,(H,21,23)/b17-12-. The van der Waals surface area contributed by atoms with Crippen molar-refractivity contribution in [2.45, 2.75) is 6.92 Å². The zero-order chi connectivity index (χ0) is 20.1. The molecule has 0 spiro atoms. The molecule has 2 aromatic rings. The lowest BCUT2D eigenvalue weighted by Crippen LogP contribution is -2.44. The molecule has 28 heavy (non-hydrogen) atoms. The molecule has 1 fully saturated rings. The van der Waals surface area contributed by atoms with E-state index >= 15 is 0 Å². The van der Waals surface area contributed by atoms with Crippen LogP contribution in [0.25, 0.3) is 6.08 Å². The first-order chi connectivity index (χ1) is 13.5. The number of para-hydroxylation sites is 1. The van der Waals surface area contributed by atoms with Crippen molar-refractivity contribution >= 4 is 46.2 Å². The molecule has 0 unspecified atom stereocenters. The summed E-state index contributed by atoms with van der Waals surface area (Å²) in [5, 5.41) is 1.09. The topological polar surface area (TPSA) is 67.9 Å². The summed E-state index contributed by atoms with van der Waals surface area (Å²) in [5.74, 6) is 0.494. The molecule has 1 N–H and O–H groups in total. The number of nitrogens with zero attached hydrogens (tertiary/aromatic N) is 1. The number of benzene rings is 2. The molecular weight excluding hydrogens is 396 g/mol. The SMILES string of the molecule is CCOc1ccccc1/C=C1\SC(=S)N(NC(=O)c2ccc(OC)cc2)C1=O. The van der Waals surface area contributed by atoms with Crippen LogP contribution in [0.5, 0.6) is 11.5 Å². The highest BCUT2D eigenvalue weighted by Gasteiger charge is 2.34. The fraction of sp³-hybridized carbons (Fsp3) is 0.150. The minimum absolute atomic E-state index is 0.256. The number of hydrogen-bond acceptors (Lipinski definition) is 6. The molecule has 0 radical (unpaired) electrons. The van der Waals surface area contributed by atoms with E-state index in [9.17, 15) is 9.59 Å². The van der Waals surface area contributed by atoms with Crippen molar-refractivity contribution in [1.29, 1.82) is 0 Å². The monoisotopic (exact) mass is 414 g/mol. The van der Waals surface area contributed by atoms with Crippen molar-refractivity contribution in [3.8, 4) is 11.5 Å². The number of rotatable bonds is 6. The zero-order valence-corrected chi connectivity index (χ0v) is 16.9. The van der Waals surface area contributed by atoms with E-state index in [1.165, 1.54) is 0 Å². The molecule has 2 amide bonds. The van der Waals surface area contributed by atoms with Crippen molar-refractivity contribution in [1.82, 2.24) is 10.4 Å². The highest BCUT2D eigenvalue weighted by Crippen LogP contribution is 2.33. The average molecular weight is 415 g/mol. The number of thioether (sulfide) groups is 1. The Morgan fingerprint density at radius 1 is 1.21 bits per heavy atom. The smallest absolute Gasteiger partial charge is 0.285 e. The minimum Gasteiger partial charge on any atom is -0.497 e. The third-order valence-electron chi connectivity index (χ3n) is 3.86. The molecule has 0 saturated carbocycles. The van der Waals surface area contributed by atoms with E-state index in [-0.39, 0.29) is 10.2 Å². The number of carbonyl (C=O) groups is 2. The lowest BCUT2D eigenvalue weighted by molar-refractivity contribution is -0.123. The summed E-state index contributed by atoms with van der Waals surface area (Å²) >= 11 is 6.39. The van der Waals surface area contributed by atoms with E-state index in [1.807, 2.05) is 31.2 Å². The average Bonchev–Trinajstić information content (AvgIpc) is 2.97. The van der Waals surface area contributed by atoms with Gasteiger partial charge in [0.1, 0.15) is 11.5 Å². The Bertz CT molecular complexity index is 941. The van der Waals surface area contributed by atoms with Crippen molar-refractivity contribution in [2.24, 2.45) is 0 Å². The Labute approximate surface area is 172 Å². The molecule has 1 aliphatic heterocycles. The molecule has 0 aromatic heterocycles. The number of hydrazine groups is 1. The first-order valence-electron chi connectivity index (χ1n) is 8.48. The molecule has 1 saturated heterocycles.